The first-order valence-electron chi connectivity index (χ1n) is 4.08. The largest absolute Gasteiger partial charge is 0.324 e. The smallest absolute Gasteiger partial charge is 0.114 e. The van der Waals surface area contributed by atoms with E-state index in [1.54, 1.807) is 0 Å². The molecule has 0 heterocycles. The average Bonchev–Trinajstić information content (AvgIpc) is 1.90. The van der Waals surface area contributed by atoms with E-state index in [0.717, 1.165) is 0 Å². The maximum atomic E-state index is 12.3. The number of alkyl halides is 1. The molecule has 0 fully saturated rings. The van der Waals surface area contributed by atoms with Crippen molar-refractivity contribution < 1.29 is 4.39 Å². The Balaban J connectivity index is 0. The standard InChI is InChI=1S/C6H15FN2.C2H6/c1-5(7)6(8)4-9(2)3;1-2/h5-6H,4,8H2,1-3H3;1-2H3. The molecule has 0 aromatic carbocycles. The van der Waals surface area contributed by atoms with Crippen molar-refractivity contribution in [3.05, 3.63) is 0 Å². The third-order valence-electron chi connectivity index (χ3n) is 1.17. The van der Waals surface area contributed by atoms with Crippen LogP contribution in [-0.2, 0) is 0 Å². The lowest BCUT2D eigenvalue weighted by atomic mass is 10.2. The molecule has 11 heavy (non-hydrogen) atoms. The fraction of sp³-hybridized carbons (Fsp3) is 1.00. The summed E-state index contributed by atoms with van der Waals surface area (Å²) in [7, 11) is 3.75. The van der Waals surface area contributed by atoms with Gasteiger partial charge in [-0.15, -0.1) is 0 Å². The molecule has 0 rings (SSSR count). The zero-order valence-corrected chi connectivity index (χ0v) is 8.26. The van der Waals surface area contributed by atoms with E-state index in [9.17, 15) is 4.39 Å². The van der Waals surface area contributed by atoms with Gasteiger partial charge in [0.1, 0.15) is 6.17 Å². The lowest BCUT2D eigenvalue weighted by Crippen LogP contribution is -2.39. The lowest BCUT2D eigenvalue weighted by Gasteiger charge is -2.17. The Morgan fingerprint density at radius 1 is 1.36 bits per heavy atom. The summed E-state index contributed by atoms with van der Waals surface area (Å²) < 4.78 is 12.3. The predicted molar refractivity (Wildman–Crippen MR) is 48.4 cm³/mol. The van der Waals surface area contributed by atoms with Crippen LogP contribution in [0.2, 0.25) is 0 Å². The zero-order chi connectivity index (χ0) is 9.44. The van der Waals surface area contributed by atoms with E-state index in [0.29, 0.717) is 6.54 Å². The first-order valence-corrected chi connectivity index (χ1v) is 4.08. The van der Waals surface area contributed by atoms with Gasteiger partial charge in [-0.3, -0.25) is 0 Å². The third-order valence-corrected chi connectivity index (χ3v) is 1.17. The SMILES string of the molecule is CC.CC(F)C(N)CN(C)C. The van der Waals surface area contributed by atoms with Crippen molar-refractivity contribution in [3.8, 4) is 0 Å². The zero-order valence-electron chi connectivity index (χ0n) is 8.26. The van der Waals surface area contributed by atoms with Crippen LogP contribution in [-0.4, -0.2) is 37.8 Å². The van der Waals surface area contributed by atoms with Crippen molar-refractivity contribution in [2.75, 3.05) is 20.6 Å². The second-order valence-corrected chi connectivity index (χ2v) is 2.60. The Bertz CT molecular complexity index is 74.5. The van der Waals surface area contributed by atoms with Crippen molar-refractivity contribution in [1.29, 1.82) is 0 Å². The highest BCUT2D eigenvalue weighted by Gasteiger charge is 2.10. The highest BCUT2D eigenvalue weighted by molar-refractivity contribution is 4.69. The molecule has 0 aromatic heterocycles. The summed E-state index contributed by atoms with van der Waals surface area (Å²) >= 11 is 0. The summed E-state index contributed by atoms with van der Waals surface area (Å²) in [6, 6.07) is -0.347. The van der Waals surface area contributed by atoms with E-state index in [-0.39, 0.29) is 6.04 Å². The van der Waals surface area contributed by atoms with E-state index in [1.165, 1.54) is 6.92 Å². The van der Waals surface area contributed by atoms with Gasteiger partial charge in [0.25, 0.3) is 0 Å². The topological polar surface area (TPSA) is 29.3 Å². The van der Waals surface area contributed by atoms with Crippen molar-refractivity contribution in [2.24, 2.45) is 5.73 Å². The minimum absolute atomic E-state index is 0.347. The van der Waals surface area contributed by atoms with E-state index in [1.807, 2.05) is 32.8 Å². The molecule has 3 heteroatoms. The van der Waals surface area contributed by atoms with Crippen LogP contribution in [0.5, 0.6) is 0 Å². The molecular weight excluding hydrogens is 143 g/mol. The Hall–Kier alpha value is -0.150. The molecular formula is C8H21FN2. The van der Waals surface area contributed by atoms with Crippen molar-refractivity contribution in [3.63, 3.8) is 0 Å². The molecule has 70 valence electrons. The number of nitrogens with two attached hydrogens (primary N) is 1. The van der Waals surface area contributed by atoms with Crippen molar-refractivity contribution in [2.45, 2.75) is 33.0 Å². The monoisotopic (exact) mass is 164 g/mol. The first kappa shape index (κ1) is 13.4. The molecule has 0 radical (unpaired) electrons. The van der Waals surface area contributed by atoms with Gasteiger partial charge in [-0.05, 0) is 21.0 Å². The summed E-state index contributed by atoms with van der Waals surface area (Å²) in [6.07, 6.45) is -0.910. The van der Waals surface area contributed by atoms with Crippen molar-refractivity contribution >= 4 is 0 Å². The molecule has 0 aromatic rings. The van der Waals surface area contributed by atoms with Crippen LogP contribution in [0.3, 0.4) is 0 Å². The number of rotatable bonds is 3. The molecule has 0 amide bonds. The van der Waals surface area contributed by atoms with Crippen LogP contribution in [0.4, 0.5) is 4.39 Å². The van der Waals surface area contributed by atoms with E-state index in [4.69, 9.17) is 5.73 Å². The third kappa shape index (κ3) is 9.85. The fourth-order valence-electron chi connectivity index (χ4n) is 0.567. The molecule has 2 N–H and O–H groups in total. The Labute approximate surface area is 69.6 Å². The predicted octanol–water partition coefficient (Wildman–Crippen LogP) is 1.26. The van der Waals surface area contributed by atoms with Gasteiger partial charge in [-0.1, -0.05) is 13.8 Å². The minimum Gasteiger partial charge on any atom is -0.324 e. The second kappa shape index (κ2) is 7.95. The Kier molecular flexibility index (Phi) is 9.72. The van der Waals surface area contributed by atoms with Crippen LogP contribution in [0.25, 0.3) is 0 Å². The van der Waals surface area contributed by atoms with Crippen LogP contribution < -0.4 is 5.73 Å². The molecule has 2 unspecified atom stereocenters. The van der Waals surface area contributed by atoms with E-state index < -0.39 is 6.17 Å². The quantitative estimate of drug-likeness (QED) is 0.680. The Morgan fingerprint density at radius 3 is 1.82 bits per heavy atom. The van der Waals surface area contributed by atoms with E-state index >= 15 is 0 Å². The lowest BCUT2D eigenvalue weighted by molar-refractivity contribution is 0.255. The maximum absolute atomic E-state index is 12.3. The number of hydrogen-bond acceptors (Lipinski definition) is 2. The van der Waals surface area contributed by atoms with Gasteiger partial charge >= 0.3 is 0 Å². The number of hydrogen-bond donors (Lipinski definition) is 1. The number of halogens is 1. The molecule has 0 saturated heterocycles. The molecule has 0 saturated carbocycles. The van der Waals surface area contributed by atoms with Crippen molar-refractivity contribution in [1.82, 2.24) is 4.90 Å². The molecule has 2 nitrogen and oxygen atoms in total. The number of nitrogens with zero attached hydrogens (tertiary/aromatic N) is 1. The maximum Gasteiger partial charge on any atom is 0.114 e. The highest BCUT2D eigenvalue weighted by atomic mass is 19.1. The van der Waals surface area contributed by atoms with Crippen LogP contribution in [0.15, 0.2) is 0 Å². The summed E-state index contributed by atoms with van der Waals surface area (Å²) in [5.74, 6) is 0. The second-order valence-electron chi connectivity index (χ2n) is 2.60. The molecule has 0 aliphatic carbocycles. The van der Waals surface area contributed by atoms with Gasteiger partial charge in [-0.2, -0.15) is 0 Å². The van der Waals surface area contributed by atoms with Crippen LogP contribution in [0.1, 0.15) is 20.8 Å². The summed E-state index contributed by atoms with van der Waals surface area (Å²) in [5.41, 5.74) is 5.40. The number of likely N-dealkylation sites (N-methyl/N-ethyl adjacent to an activating group) is 1. The van der Waals surface area contributed by atoms with Gasteiger partial charge in [-0.25, -0.2) is 4.39 Å². The minimum atomic E-state index is -0.910. The van der Waals surface area contributed by atoms with E-state index in [2.05, 4.69) is 0 Å². The molecule has 0 aliphatic rings. The highest BCUT2D eigenvalue weighted by Crippen LogP contribution is 1.94. The summed E-state index contributed by atoms with van der Waals surface area (Å²) in [5, 5.41) is 0. The van der Waals surface area contributed by atoms with Gasteiger partial charge in [0, 0.05) is 12.6 Å². The van der Waals surface area contributed by atoms with Crippen LogP contribution >= 0.6 is 0 Å². The first-order chi connectivity index (χ1) is 5.04. The molecule has 0 spiro atoms. The van der Waals surface area contributed by atoms with Gasteiger partial charge < -0.3 is 10.6 Å². The van der Waals surface area contributed by atoms with Gasteiger partial charge in [0.15, 0.2) is 0 Å². The molecule has 0 bridgehead atoms. The summed E-state index contributed by atoms with van der Waals surface area (Å²) in [4.78, 5) is 1.88. The molecule has 2 atom stereocenters. The van der Waals surface area contributed by atoms with Gasteiger partial charge in [0.05, 0.1) is 0 Å². The molecule has 0 aliphatic heterocycles. The van der Waals surface area contributed by atoms with Gasteiger partial charge in [0.2, 0.25) is 0 Å². The van der Waals surface area contributed by atoms with Crippen LogP contribution in [0, 0.1) is 0 Å². The average molecular weight is 164 g/mol. The Morgan fingerprint density at radius 2 is 1.73 bits per heavy atom. The normalized spacial score (nSPS) is 15.3. The summed E-state index contributed by atoms with van der Waals surface area (Å²) in [6.45, 7) is 6.09. The fourth-order valence-corrected chi connectivity index (χ4v) is 0.567.